The van der Waals surface area contributed by atoms with Crippen molar-refractivity contribution >= 4 is 5.91 Å². The second-order valence-corrected chi connectivity index (χ2v) is 11.0. The Morgan fingerprint density at radius 2 is 1.48 bits per heavy atom. The van der Waals surface area contributed by atoms with Crippen molar-refractivity contribution in [3.8, 4) is 0 Å². The molecule has 3 heterocycles. The van der Waals surface area contributed by atoms with E-state index in [-0.39, 0.29) is 32.9 Å². The van der Waals surface area contributed by atoms with Crippen LogP contribution >= 0.6 is 0 Å². The summed E-state index contributed by atoms with van der Waals surface area (Å²) in [6.07, 6.45) is -3.86. The van der Waals surface area contributed by atoms with E-state index in [0.717, 1.165) is 0 Å². The molecular formula is C28H52N2O14. The number of rotatable bonds is 22. The molecule has 258 valence electrons. The first-order valence-corrected chi connectivity index (χ1v) is 14.8. The van der Waals surface area contributed by atoms with Gasteiger partial charge in [0.25, 0.3) is 0 Å². The Bertz CT molecular complexity index is 810. The van der Waals surface area contributed by atoms with E-state index in [9.17, 15) is 4.79 Å². The van der Waals surface area contributed by atoms with Crippen molar-refractivity contribution in [1.82, 2.24) is 10.2 Å². The predicted octanol–water partition coefficient (Wildman–Crippen LogP) is -0.675. The molecule has 3 rings (SSSR count). The van der Waals surface area contributed by atoms with Gasteiger partial charge >= 0.3 is 0 Å². The van der Waals surface area contributed by atoms with Gasteiger partial charge in [-0.25, -0.2) is 0 Å². The van der Waals surface area contributed by atoms with Gasteiger partial charge in [-0.2, -0.15) is 0 Å². The third-order valence-electron chi connectivity index (χ3n) is 7.37. The topological polar surface area (TPSA) is 152 Å². The molecule has 3 fully saturated rings. The highest BCUT2D eigenvalue weighted by molar-refractivity contribution is 5.83. The van der Waals surface area contributed by atoms with E-state index in [1.165, 1.54) is 7.11 Å². The van der Waals surface area contributed by atoms with E-state index in [4.69, 9.17) is 61.6 Å². The average molecular weight is 641 g/mol. The summed E-state index contributed by atoms with van der Waals surface area (Å²) in [4.78, 5) is 15.9. The standard InChI is InChI=1S/C28H52N2O14/c1-28(2)43-24-23(42-27(35-7)25(24)44-28)22(41-18-38-13-10-34-6)21-26(31)29-19(15-39-16-36-11-8-32-4)20(14-30(21)3)40-17-37-12-9-33-5/h19-25,27H,8-18H2,1-7H3,(H,29,31)/t19-,20+,21+,22-,23-,24-,25-,27-/m1/s1. The second-order valence-electron chi connectivity index (χ2n) is 11.0. The fraction of sp³-hybridized carbons (Fsp3) is 0.964. The number of carbonyl (C=O) groups is 1. The maximum Gasteiger partial charge on any atom is 0.240 e. The van der Waals surface area contributed by atoms with Crippen molar-refractivity contribution in [3.05, 3.63) is 0 Å². The molecule has 0 unspecified atom stereocenters. The van der Waals surface area contributed by atoms with E-state index in [2.05, 4.69) is 5.32 Å². The molecule has 8 atom stereocenters. The summed E-state index contributed by atoms with van der Waals surface area (Å²) in [5.74, 6) is -1.19. The van der Waals surface area contributed by atoms with Gasteiger partial charge in [0.2, 0.25) is 5.91 Å². The van der Waals surface area contributed by atoms with Gasteiger partial charge in [-0.05, 0) is 20.9 Å². The van der Waals surface area contributed by atoms with Crippen LogP contribution in [0.3, 0.4) is 0 Å². The Kier molecular flexibility index (Phi) is 16.6. The fourth-order valence-electron chi connectivity index (χ4n) is 5.31. The molecule has 0 bridgehead atoms. The Hall–Kier alpha value is -1.09. The van der Waals surface area contributed by atoms with E-state index in [1.807, 2.05) is 25.8 Å². The maximum absolute atomic E-state index is 14.0. The van der Waals surface area contributed by atoms with Crippen molar-refractivity contribution < 1.29 is 66.4 Å². The Balaban J connectivity index is 1.79. The molecule has 0 aliphatic carbocycles. The van der Waals surface area contributed by atoms with Crippen molar-refractivity contribution in [2.45, 2.75) is 68.5 Å². The number of hydrogen-bond acceptors (Lipinski definition) is 15. The van der Waals surface area contributed by atoms with Crippen LogP contribution in [-0.2, 0) is 66.4 Å². The highest BCUT2D eigenvalue weighted by Gasteiger charge is 2.60. The van der Waals surface area contributed by atoms with Gasteiger partial charge < -0.3 is 66.9 Å². The lowest BCUT2D eigenvalue weighted by atomic mass is 9.98. The molecule has 16 heteroatoms. The van der Waals surface area contributed by atoms with Crippen LogP contribution in [-0.4, -0.2) is 174 Å². The van der Waals surface area contributed by atoms with Crippen molar-refractivity contribution in [1.29, 1.82) is 0 Å². The first kappa shape index (κ1) is 37.4. The lowest BCUT2D eigenvalue weighted by Gasteiger charge is -2.36. The number of carbonyl (C=O) groups excluding carboxylic acids is 1. The number of hydrogen-bond donors (Lipinski definition) is 1. The number of methoxy groups -OCH3 is 4. The fourth-order valence-corrected chi connectivity index (χ4v) is 5.31. The van der Waals surface area contributed by atoms with Gasteiger partial charge in [0.1, 0.15) is 50.8 Å². The molecule has 16 nitrogen and oxygen atoms in total. The molecule has 0 spiro atoms. The van der Waals surface area contributed by atoms with Gasteiger partial charge in [0.05, 0.1) is 58.4 Å². The van der Waals surface area contributed by atoms with Crippen LogP contribution in [0.4, 0.5) is 0 Å². The molecule has 3 aliphatic rings. The highest BCUT2D eigenvalue weighted by atomic mass is 16.8. The van der Waals surface area contributed by atoms with Crippen molar-refractivity contribution in [3.63, 3.8) is 0 Å². The minimum Gasteiger partial charge on any atom is -0.382 e. The number of nitrogens with zero attached hydrogens (tertiary/aromatic N) is 1. The molecule has 1 amide bonds. The Morgan fingerprint density at radius 3 is 2.11 bits per heavy atom. The minimum atomic E-state index is -0.874. The first-order valence-electron chi connectivity index (χ1n) is 14.8. The number of ether oxygens (including phenoxy) is 13. The molecule has 0 saturated carbocycles. The third-order valence-corrected chi connectivity index (χ3v) is 7.37. The SMILES string of the molecule is COCCOCOC[C@H]1NC(=O)[C@H]([C@@H](OCOCCOC)[C@H]2O[C@@H](OC)[C@@H]3OC(C)(C)O[C@H]23)N(C)C[C@@H]1OCOCCOC. The van der Waals surface area contributed by atoms with Crippen molar-refractivity contribution in [2.24, 2.45) is 0 Å². The van der Waals surface area contributed by atoms with Gasteiger partial charge in [-0.3, -0.25) is 9.69 Å². The monoisotopic (exact) mass is 640 g/mol. The third kappa shape index (κ3) is 11.0. The van der Waals surface area contributed by atoms with Gasteiger partial charge in [0.15, 0.2) is 12.1 Å². The molecule has 0 radical (unpaired) electrons. The van der Waals surface area contributed by atoms with Crippen LogP contribution in [0.5, 0.6) is 0 Å². The van der Waals surface area contributed by atoms with E-state index in [0.29, 0.717) is 46.2 Å². The highest BCUT2D eigenvalue weighted by Crippen LogP contribution is 2.41. The smallest absolute Gasteiger partial charge is 0.240 e. The average Bonchev–Trinajstić information content (AvgIpc) is 3.45. The quantitative estimate of drug-likeness (QED) is 0.117. The number of fused-ring (bicyclic) bond motifs is 1. The zero-order valence-corrected chi connectivity index (χ0v) is 27.1. The van der Waals surface area contributed by atoms with Crippen LogP contribution in [0.15, 0.2) is 0 Å². The van der Waals surface area contributed by atoms with Crippen LogP contribution in [0.2, 0.25) is 0 Å². The zero-order valence-electron chi connectivity index (χ0n) is 27.1. The zero-order chi connectivity index (χ0) is 32.0. The van der Waals surface area contributed by atoms with Gasteiger partial charge in [-0.15, -0.1) is 0 Å². The Labute approximate surface area is 260 Å². The molecule has 1 N–H and O–H groups in total. The Morgan fingerprint density at radius 1 is 0.864 bits per heavy atom. The largest absolute Gasteiger partial charge is 0.382 e. The lowest BCUT2D eigenvalue weighted by Crippen LogP contribution is -2.58. The van der Waals surface area contributed by atoms with Crippen LogP contribution in [0.1, 0.15) is 13.8 Å². The molecule has 3 aliphatic heterocycles. The summed E-state index contributed by atoms with van der Waals surface area (Å²) >= 11 is 0. The van der Waals surface area contributed by atoms with E-state index in [1.54, 1.807) is 21.3 Å². The lowest BCUT2D eigenvalue weighted by molar-refractivity contribution is -0.249. The van der Waals surface area contributed by atoms with Crippen LogP contribution < -0.4 is 5.32 Å². The van der Waals surface area contributed by atoms with Gasteiger partial charge in [-0.1, -0.05) is 0 Å². The summed E-state index contributed by atoms with van der Waals surface area (Å²) in [6, 6.07) is -1.36. The van der Waals surface area contributed by atoms with Crippen LogP contribution in [0.25, 0.3) is 0 Å². The molecule has 0 aromatic rings. The minimum absolute atomic E-state index is 0.00177. The summed E-state index contributed by atoms with van der Waals surface area (Å²) in [6.45, 7) is 6.35. The van der Waals surface area contributed by atoms with E-state index >= 15 is 0 Å². The summed E-state index contributed by atoms with van der Waals surface area (Å²) < 4.78 is 74.0. The van der Waals surface area contributed by atoms with E-state index < -0.39 is 54.7 Å². The summed E-state index contributed by atoms with van der Waals surface area (Å²) in [5, 5.41) is 3.09. The molecule has 0 aromatic heterocycles. The normalized spacial score (nSPS) is 31.2. The molecule has 44 heavy (non-hydrogen) atoms. The summed E-state index contributed by atoms with van der Waals surface area (Å²) in [7, 11) is 8.13. The number of likely N-dealkylation sites (N-methyl/N-ethyl adjacent to an activating group) is 1. The molecule has 0 aromatic carbocycles. The van der Waals surface area contributed by atoms with Crippen molar-refractivity contribution in [2.75, 3.05) is 109 Å². The number of nitrogens with one attached hydrogen (secondary N) is 1. The maximum atomic E-state index is 14.0. The second kappa shape index (κ2) is 19.5. The molecular weight excluding hydrogens is 588 g/mol. The van der Waals surface area contributed by atoms with Crippen LogP contribution in [0, 0.1) is 0 Å². The summed E-state index contributed by atoms with van der Waals surface area (Å²) in [5.41, 5.74) is 0. The molecule has 3 saturated heterocycles. The number of amides is 1. The van der Waals surface area contributed by atoms with Gasteiger partial charge in [0, 0.05) is 35.0 Å². The predicted molar refractivity (Wildman–Crippen MR) is 152 cm³/mol. The first-order chi connectivity index (χ1) is 21.3.